The maximum atomic E-state index is 11.4. The molecule has 1 unspecified atom stereocenters. The highest BCUT2D eigenvalue weighted by atomic mass is 16.1. The van der Waals surface area contributed by atoms with Gasteiger partial charge in [0.1, 0.15) is 11.6 Å². The molecular formula is C13H20N2O. The summed E-state index contributed by atoms with van der Waals surface area (Å²) in [6.45, 7) is 3.21. The van der Waals surface area contributed by atoms with Crippen LogP contribution in [0.4, 0.5) is 0 Å². The van der Waals surface area contributed by atoms with Crippen molar-refractivity contribution < 1.29 is 4.79 Å². The average Bonchev–Trinajstić information content (AvgIpc) is 2.66. The van der Waals surface area contributed by atoms with Crippen LogP contribution in [0.1, 0.15) is 44.9 Å². The van der Waals surface area contributed by atoms with Crippen LogP contribution in [0.15, 0.2) is 12.4 Å². The van der Waals surface area contributed by atoms with Crippen LogP contribution in [0.25, 0.3) is 0 Å². The first kappa shape index (κ1) is 11.4. The molecule has 0 spiro atoms. The van der Waals surface area contributed by atoms with E-state index >= 15 is 0 Å². The van der Waals surface area contributed by atoms with Crippen molar-refractivity contribution in [3.63, 3.8) is 0 Å². The summed E-state index contributed by atoms with van der Waals surface area (Å²) in [5.74, 6) is 2.12. The molecule has 1 aromatic rings. The first-order valence-electron chi connectivity index (χ1n) is 6.31. The molecule has 1 heterocycles. The van der Waals surface area contributed by atoms with Crippen molar-refractivity contribution in [3.8, 4) is 0 Å². The summed E-state index contributed by atoms with van der Waals surface area (Å²) < 4.78 is 2.22. The van der Waals surface area contributed by atoms with Gasteiger partial charge in [-0.2, -0.15) is 0 Å². The Labute approximate surface area is 96.9 Å². The zero-order valence-corrected chi connectivity index (χ0v) is 9.98. The molecule has 0 aromatic carbocycles. The van der Waals surface area contributed by atoms with Gasteiger partial charge in [-0.25, -0.2) is 4.98 Å². The van der Waals surface area contributed by atoms with Gasteiger partial charge in [-0.3, -0.25) is 4.79 Å². The summed E-state index contributed by atoms with van der Waals surface area (Å²) in [5, 5.41) is 0. The van der Waals surface area contributed by atoms with Crippen LogP contribution in [-0.4, -0.2) is 15.3 Å². The van der Waals surface area contributed by atoms with E-state index in [1.807, 2.05) is 12.4 Å². The highest BCUT2D eigenvalue weighted by Crippen LogP contribution is 2.24. The van der Waals surface area contributed by atoms with Crippen LogP contribution in [-0.2, 0) is 17.8 Å². The molecule has 1 aromatic heterocycles. The Hall–Kier alpha value is -1.12. The fourth-order valence-electron chi connectivity index (χ4n) is 2.52. The Bertz CT molecular complexity index is 357. The number of carbonyl (C=O) groups excluding carboxylic acids is 1. The van der Waals surface area contributed by atoms with Crippen LogP contribution >= 0.6 is 0 Å². The van der Waals surface area contributed by atoms with Crippen LogP contribution in [0, 0.1) is 5.92 Å². The van der Waals surface area contributed by atoms with Gasteiger partial charge in [0.2, 0.25) is 0 Å². The van der Waals surface area contributed by atoms with Crippen LogP contribution in [0.3, 0.4) is 0 Å². The normalized spacial score (nSPS) is 21.3. The summed E-state index contributed by atoms with van der Waals surface area (Å²) in [6, 6.07) is 0. The highest BCUT2D eigenvalue weighted by molar-refractivity contribution is 5.79. The molecule has 0 amide bonds. The van der Waals surface area contributed by atoms with Crippen molar-refractivity contribution >= 4 is 5.78 Å². The molecule has 0 radical (unpaired) electrons. The highest BCUT2D eigenvalue weighted by Gasteiger charge is 2.21. The van der Waals surface area contributed by atoms with Gasteiger partial charge in [-0.15, -0.1) is 0 Å². The fourth-order valence-corrected chi connectivity index (χ4v) is 2.52. The minimum Gasteiger partial charge on any atom is -0.335 e. The summed E-state index contributed by atoms with van der Waals surface area (Å²) >= 11 is 0. The van der Waals surface area contributed by atoms with Gasteiger partial charge in [0, 0.05) is 38.2 Å². The van der Waals surface area contributed by atoms with Crippen LogP contribution in [0.2, 0.25) is 0 Å². The zero-order valence-electron chi connectivity index (χ0n) is 9.98. The van der Waals surface area contributed by atoms with E-state index in [2.05, 4.69) is 16.5 Å². The van der Waals surface area contributed by atoms with E-state index in [-0.39, 0.29) is 0 Å². The standard InChI is InChI=1S/C13H20N2O/c1-2-7-15-8-6-14-13(15)10-11-4-3-5-12(16)9-11/h6,8,11H,2-5,7,9-10H2,1H3. The van der Waals surface area contributed by atoms with E-state index in [0.717, 1.165) is 44.5 Å². The number of Topliss-reactive ketones (excluding diaryl/α,β-unsaturated/α-hetero) is 1. The number of hydrogen-bond donors (Lipinski definition) is 0. The quantitative estimate of drug-likeness (QED) is 0.781. The fraction of sp³-hybridized carbons (Fsp3) is 0.692. The molecule has 16 heavy (non-hydrogen) atoms. The third-order valence-electron chi connectivity index (χ3n) is 3.32. The smallest absolute Gasteiger partial charge is 0.133 e. The van der Waals surface area contributed by atoms with Gasteiger partial charge in [-0.05, 0) is 25.2 Å². The second-order valence-corrected chi connectivity index (χ2v) is 4.74. The third kappa shape index (κ3) is 2.71. The number of imidazole rings is 1. The lowest BCUT2D eigenvalue weighted by Crippen LogP contribution is -2.18. The molecule has 3 heteroatoms. The van der Waals surface area contributed by atoms with E-state index < -0.39 is 0 Å². The zero-order chi connectivity index (χ0) is 11.4. The van der Waals surface area contributed by atoms with Crippen molar-refractivity contribution in [2.45, 2.75) is 52.0 Å². The van der Waals surface area contributed by atoms with Crippen LogP contribution < -0.4 is 0 Å². The van der Waals surface area contributed by atoms with Crippen molar-refractivity contribution in [1.29, 1.82) is 0 Å². The Morgan fingerprint density at radius 2 is 2.44 bits per heavy atom. The van der Waals surface area contributed by atoms with Crippen molar-refractivity contribution in [3.05, 3.63) is 18.2 Å². The summed E-state index contributed by atoms with van der Waals surface area (Å²) in [6.07, 6.45) is 9.83. The monoisotopic (exact) mass is 220 g/mol. The second kappa shape index (κ2) is 5.28. The first-order chi connectivity index (χ1) is 7.79. The molecule has 0 aliphatic heterocycles. The minimum atomic E-state index is 0.435. The SMILES string of the molecule is CCCn1ccnc1CC1CCCC(=O)C1. The molecule has 1 atom stereocenters. The molecular weight excluding hydrogens is 200 g/mol. The van der Waals surface area contributed by atoms with E-state index in [9.17, 15) is 4.79 Å². The Morgan fingerprint density at radius 1 is 1.56 bits per heavy atom. The van der Waals surface area contributed by atoms with Crippen molar-refractivity contribution in [1.82, 2.24) is 9.55 Å². The van der Waals surface area contributed by atoms with Crippen molar-refractivity contribution in [2.75, 3.05) is 0 Å². The number of hydrogen-bond acceptors (Lipinski definition) is 2. The summed E-state index contributed by atoms with van der Waals surface area (Å²) in [5.41, 5.74) is 0. The number of rotatable bonds is 4. The number of ketones is 1. The van der Waals surface area contributed by atoms with E-state index in [4.69, 9.17) is 0 Å². The first-order valence-corrected chi connectivity index (χ1v) is 6.31. The predicted octanol–water partition coefficient (Wildman–Crippen LogP) is 2.59. The Morgan fingerprint density at radius 3 is 3.19 bits per heavy atom. The lowest BCUT2D eigenvalue weighted by Gasteiger charge is -2.20. The van der Waals surface area contributed by atoms with Gasteiger partial charge >= 0.3 is 0 Å². The average molecular weight is 220 g/mol. The maximum Gasteiger partial charge on any atom is 0.133 e. The van der Waals surface area contributed by atoms with Gasteiger partial charge in [0.05, 0.1) is 0 Å². The Kier molecular flexibility index (Phi) is 3.75. The minimum absolute atomic E-state index is 0.435. The summed E-state index contributed by atoms with van der Waals surface area (Å²) in [4.78, 5) is 15.8. The number of carbonyl (C=O) groups is 1. The number of nitrogens with zero attached hydrogens (tertiary/aromatic N) is 2. The number of aryl methyl sites for hydroxylation is 1. The van der Waals surface area contributed by atoms with Crippen molar-refractivity contribution in [2.24, 2.45) is 5.92 Å². The van der Waals surface area contributed by atoms with E-state index in [1.54, 1.807) is 0 Å². The second-order valence-electron chi connectivity index (χ2n) is 4.74. The molecule has 0 bridgehead atoms. The van der Waals surface area contributed by atoms with E-state index in [0.29, 0.717) is 11.7 Å². The molecule has 1 aliphatic carbocycles. The Balaban J connectivity index is 1.97. The molecule has 2 rings (SSSR count). The van der Waals surface area contributed by atoms with Gasteiger partial charge in [-0.1, -0.05) is 6.92 Å². The summed E-state index contributed by atoms with van der Waals surface area (Å²) in [7, 11) is 0. The molecule has 88 valence electrons. The molecule has 1 saturated carbocycles. The van der Waals surface area contributed by atoms with Gasteiger partial charge in [0.25, 0.3) is 0 Å². The largest absolute Gasteiger partial charge is 0.335 e. The molecule has 1 aliphatic rings. The molecule has 0 N–H and O–H groups in total. The van der Waals surface area contributed by atoms with E-state index in [1.165, 1.54) is 6.42 Å². The lowest BCUT2D eigenvalue weighted by atomic mass is 9.86. The van der Waals surface area contributed by atoms with Gasteiger partial charge in [0.15, 0.2) is 0 Å². The molecule has 0 saturated heterocycles. The molecule has 1 fully saturated rings. The lowest BCUT2D eigenvalue weighted by molar-refractivity contribution is -0.121. The maximum absolute atomic E-state index is 11.4. The topological polar surface area (TPSA) is 34.9 Å². The van der Waals surface area contributed by atoms with Crippen LogP contribution in [0.5, 0.6) is 0 Å². The van der Waals surface area contributed by atoms with Gasteiger partial charge < -0.3 is 4.57 Å². The molecule has 3 nitrogen and oxygen atoms in total. The predicted molar refractivity (Wildman–Crippen MR) is 63.2 cm³/mol. The third-order valence-corrected chi connectivity index (χ3v) is 3.32. The number of aromatic nitrogens is 2.